The fourth-order valence-corrected chi connectivity index (χ4v) is 3.60. The van der Waals surface area contributed by atoms with Crippen molar-refractivity contribution in [3.8, 4) is 0 Å². The van der Waals surface area contributed by atoms with Crippen LogP contribution in [0.4, 0.5) is 0 Å². The van der Waals surface area contributed by atoms with Crippen molar-refractivity contribution in [2.24, 2.45) is 16.8 Å². The van der Waals surface area contributed by atoms with Crippen LogP contribution in [0.25, 0.3) is 0 Å². The van der Waals surface area contributed by atoms with Crippen molar-refractivity contribution in [3.05, 3.63) is 76.8 Å². The molecule has 2 unspecified atom stereocenters. The second-order valence-electron chi connectivity index (χ2n) is 6.77. The molecule has 2 aliphatic rings. The van der Waals surface area contributed by atoms with Gasteiger partial charge in [0.15, 0.2) is 11.6 Å². The molecule has 4 rings (SSSR count). The summed E-state index contributed by atoms with van der Waals surface area (Å²) in [5.74, 6) is -2.74. The van der Waals surface area contributed by atoms with Crippen LogP contribution in [0.5, 0.6) is 0 Å². The molecule has 2 heterocycles. The highest BCUT2D eigenvalue weighted by atomic mass is 16.5. The maximum Gasteiger partial charge on any atom is 0.356 e. The van der Waals surface area contributed by atoms with Gasteiger partial charge < -0.3 is 4.74 Å². The van der Waals surface area contributed by atoms with E-state index in [1.165, 1.54) is 12.3 Å². The molecule has 2 atom stereocenters. The number of pyridine rings is 1. The van der Waals surface area contributed by atoms with Gasteiger partial charge in [-0.05, 0) is 37.6 Å². The van der Waals surface area contributed by atoms with E-state index >= 15 is 0 Å². The Kier molecular flexibility index (Phi) is 4.47. The van der Waals surface area contributed by atoms with Gasteiger partial charge in [-0.2, -0.15) is 0 Å². The Balaban J connectivity index is 1.89. The number of carbonyl (C=O) groups is 3. The van der Waals surface area contributed by atoms with E-state index in [0.29, 0.717) is 16.8 Å². The molecule has 0 saturated heterocycles. The first kappa shape index (κ1) is 18.0. The lowest BCUT2D eigenvalue weighted by Crippen LogP contribution is -2.43. The number of aryl methyl sites for hydroxylation is 1. The number of ketones is 2. The van der Waals surface area contributed by atoms with E-state index in [9.17, 15) is 14.4 Å². The number of fused-ring (bicyclic) bond motifs is 2. The second-order valence-corrected chi connectivity index (χ2v) is 6.77. The van der Waals surface area contributed by atoms with Gasteiger partial charge in [-0.1, -0.05) is 29.8 Å². The molecule has 0 saturated carbocycles. The van der Waals surface area contributed by atoms with Gasteiger partial charge in [0.05, 0.1) is 24.2 Å². The highest BCUT2D eigenvalue weighted by molar-refractivity contribution is 6.27. The number of benzene rings is 1. The van der Waals surface area contributed by atoms with Crippen molar-refractivity contribution in [3.63, 3.8) is 0 Å². The van der Waals surface area contributed by atoms with E-state index in [1.54, 1.807) is 19.1 Å². The van der Waals surface area contributed by atoms with Gasteiger partial charge in [-0.3, -0.25) is 14.6 Å². The number of ether oxygens (including phenoxy) is 1. The Bertz CT molecular complexity index is 1050. The van der Waals surface area contributed by atoms with Crippen molar-refractivity contribution >= 4 is 23.2 Å². The summed E-state index contributed by atoms with van der Waals surface area (Å²) < 4.78 is 5.07. The molecular weight excluding hydrogens is 356 g/mol. The van der Waals surface area contributed by atoms with Crippen LogP contribution in [0.3, 0.4) is 0 Å². The average Bonchev–Trinajstić information content (AvgIpc) is 2.72. The number of hydrogen-bond donors (Lipinski definition) is 0. The number of nitrogens with zero attached hydrogens (tertiary/aromatic N) is 2. The minimum absolute atomic E-state index is 0.0409. The summed E-state index contributed by atoms with van der Waals surface area (Å²) in [7, 11) is 0. The highest BCUT2D eigenvalue weighted by Crippen LogP contribution is 2.37. The molecular formula is C22H18N2O4. The minimum Gasteiger partial charge on any atom is -0.461 e. The number of rotatable bonds is 3. The maximum atomic E-state index is 13.2. The second kappa shape index (κ2) is 6.96. The molecule has 0 radical (unpaired) electrons. The van der Waals surface area contributed by atoms with E-state index in [-0.39, 0.29) is 29.6 Å². The zero-order valence-corrected chi connectivity index (χ0v) is 15.5. The lowest BCUT2D eigenvalue weighted by atomic mass is 9.70. The zero-order valence-electron chi connectivity index (χ0n) is 15.5. The molecule has 2 aromatic rings. The van der Waals surface area contributed by atoms with Crippen LogP contribution in [-0.2, 0) is 9.53 Å². The van der Waals surface area contributed by atoms with E-state index in [0.717, 1.165) is 5.56 Å². The Morgan fingerprint density at radius 3 is 2.57 bits per heavy atom. The summed E-state index contributed by atoms with van der Waals surface area (Å²) in [5, 5.41) is 0. The predicted octanol–water partition coefficient (Wildman–Crippen LogP) is 2.95. The molecule has 6 nitrogen and oxygen atoms in total. The van der Waals surface area contributed by atoms with E-state index < -0.39 is 17.8 Å². The molecule has 1 aliphatic heterocycles. The van der Waals surface area contributed by atoms with Crippen LogP contribution >= 0.6 is 0 Å². The molecule has 140 valence electrons. The van der Waals surface area contributed by atoms with E-state index in [1.807, 2.05) is 31.2 Å². The number of Topliss-reactive ketones (excluding diaryl/α,β-unsaturated/α-hetero) is 2. The topological polar surface area (TPSA) is 85.7 Å². The van der Waals surface area contributed by atoms with Gasteiger partial charge in [-0.15, -0.1) is 0 Å². The third-order valence-electron chi connectivity index (χ3n) is 4.96. The maximum absolute atomic E-state index is 13.2. The average molecular weight is 374 g/mol. The quantitative estimate of drug-likeness (QED) is 0.771. The standard InChI is InChI=1S/C22H18N2O4/c1-3-28-22(27)16-11-15-17(18(24-16)13-8-6-12(2)7-9-13)20(25)14-5-4-10-23-19(14)21(15)26/h4-11,15,17H,3H2,1-2H3. The number of aliphatic imine (C=N–C) groups is 1. The van der Waals surface area contributed by atoms with Gasteiger partial charge in [0.1, 0.15) is 11.4 Å². The predicted molar refractivity (Wildman–Crippen MR) is 102 cm³/mol. The van der Waals surface area contributed by atoms with Gasteiger partial charge in [0, 0.05) is 11.8 Å². The molecule has 1 aromatic heterocycles. The Morgan fingerprint density at radius 1 is 1.11 bits per heavy atom. The largest absolute Gasteiger partial charge is 0.461 e. The fourth-order valence-electron chi connectivity index (χ4n) is 3.60. The Morgan fingerprint density at radius 2 is 1.86 bits per heavy atom. The van der Waals surface area contributed by atoms with Crippen LogP contribution in [0.2, 0.25) is 0 Å². The molecule has 28 heavy (non-hydrogen) atoms. The van der Waals surface area contributed by atoms with Crippen molar-refractivity contribution in [1.82, 2.24) is 4.98 Å². The first-order valence-corrected chi connectivity index (χ1v) is 9.09. The number of carbonyl (C=O) groups excluding carboxylic acids is 3. The van der Waals surface area contributed by atoms with Crippen LogP contribution in [-0.4, -0.2) is 34.8 Å². The number of allylic oxidation sites excluding steroid dienone is 1. The SMILES string of the molecule is CCOC(=O)C1=CC2C(=O)c3ncccc3C(=O)C2C(c2ccc(C)cc2)=N1. The monoisotopic (exact) mass is 374 g/mol. The lowest BCUT2D eigenvalue weighted by Gasteiger charge is -2.32. The van der Waals surface area contributed by atoms with Crippen LogP contribution in [0.1, 0.15) is 38.9 Å². The summed E-state index contributed by atoms with van der Waals surface area (Å²) >= 11 is 0. The summed E-state index contributed by atoms with van der Waals surface area (Å²) in [5.41, 5.74) is 2.63. The molecule has 0 amide bonds. The lowest BCUT2D eigenvalue weighted by molar-refractivity contribution is -0.138. The third kappa shape index (κ3) is 2.87. The number of aromatic nitrogens is 1. The molecule has 1 aromatic carbocycles. The zero-order chi connectivity index (χ0) is 19.8. The smallest absolute Gasteiger partial charge is 0.356 e. The minimum atomic E-state index is -0.830. The molecule has 0 N–H and O–H groups in total. The first-order chi connectivity index (χ1) is 13.5. The van der Waals surface area contributed by atoms with Gasteiger partial charge in [0.2, 0.25) is 0 Å². The van der Waals surface area contributed by atoms with Crippen LogP contribution in [0, 0.1) is 18.8 Å². The van der Waals surface area contributed by atoms with Crippen molar-refractivity contribution in [2.45, 2.75) is 13.8 Å². The summed E-state index contributed by atoms with van der Waals surface area (Å²) in [6.45, 7) is 3.84. The Hall–Kier alpha value is -3.41. The summed E-state index contributed by atoms with van der Waals surface area (Å²) in [6, 6.07) is 10.7. The van der Waals surface area contributed by atoms with Crippen LogP contribution < -0.4 is 0 Å². The number of hydrogen-bond acceptors (Lipinski definition) is 6. The summed E-state index contributed by atoms with van der Waals surface area (Å²) in [4.78, 5) is 47.2. The van der Waals surface area contributed by atoms with Crippen molar-refractivity contribution in [1.29, 1.82) is 0 Å². The first-order valence-electron chi connectivity index (χ1n) is 9.09. The molecule has 1 aliphatic carbocycles. The number of esters is 1. The van der Waals surface area contributed by atoms with Gasteiger partial charge in [0.25, 0.3) is 0 Å². The fraction of sp³-hybridized carbons (Fsp3) is 0.227. The van der Waals surface area contributed by atoms with Gasteiger partial charge >= 0.3 is 5.97 Å². The third-order valence-corrected chi connectivity index (χ3v) is 4.96. The van der Waals surface area contributed by atoms with Gasteiger partial charge in [-0.25, -0.2) is 9.79 Å². The molecule has 6 heteroatoms. The summed E-state index contributed by atoms with van der Waals surface area (Å²) in [6.07, 6.45) is 2.93. The van der Waals surface area contributed by atoms with E-state index in [2.05, 4.69) is 9.98 Å². The Labute approximate surface area is 162 Å². The molecule has 0 bridgehead atoms. The normalized spacial score (nSPS) is 20.6. The van der Waals surface area contributed by atoms with E-state index in [4.69, 9.17) is 4.74 Å². The highest BCUT2D eigenvalue weighted by Gasteiger charge is 2.46. The van der Waals surface area contributed by atoms with Crippen molar-refractivity contribution in [2.75, 3.05) is 6.61 Å². The molecule has 0 fully saturated rings. The van der Waals surface area contributed by atoms with Crippen LogP contribution in [0.15, 0.2) is 59.4 Å². The van der Waals surface area contributed by atoms with Crippen molar-refractivity contribution < 1.29 is 19.1 Å². The molecule has 0 spiro atoms.